The molecule has 1 aliphatic carbocycles. The van der Waals surface area contributed by atoms with Crippen LogP contribution in [0.3, 0.4) is 0 Å². The van der Waals surface area contributed by atoms with Gasteiger partial charge in [-0.3, -0.25) is 11.3 Å². The van der Waals surface area contributed by atoms with Gasteiger partial charge >= 0.3 is 0 Å². The van der Waals surface area contributed by atoms with Crippen molar-refractivity contribution in [3.8, 4) is 5.75 Å². The molecule has 3 nitrogen and oxygen atoms in total. The third-order valence-electron chi connectivity index (χ3n) is 3.11. The van der Waals surface area contributed by atoms with Crippen LogP contribution in [0.1, 0.15) is 42.0 Å². The number of benzene rings is 1. The first-order valence-corrected chi connectivity index (χ1v) is 4.93. The summed E-state index contributed by atoms with van der Waals surface area (Å²) in [6, 6.07) is 3.81. The lowest BCUT2D eigenvalue weighted by molar-refractivity contribution is 0.449. The minimum Gasteiger partial charge on any atom is -0.508 e. The lowest BCUT2D eigenvalue weighted by Crippen LogP contribution is -2.26. The average Bonchev–Trinajstić information content (AvgIpc) is 2.50. The van der Waals surface area contributed by atoms with Gasteiger partial charge in [0.1, 0.15) is 5.75 Å². The quantitative estimate of drug-likeness (QED) is 0.469. The normalized spacial score (nSPS) is 25.1. The molecule has 2 atom stereocenters. The van der Waals surface area contributed by atoms with Crippen molar-refractivity contribution >= 4 is 0 Å². The van der Waals surface area contributed by atoms with E-state index in [1.54, 1.807) is 6.07 Å². The molecule has 0 spiro atoms. The van der Waals surface area contributed by atoms with E-state index in [0.29, 0.717) is 11.7 Å². The first-order chi connectivity index (χ1) is 6.65. The Morgan fingerprint density at radius 1 is 1.43 bits per heavy atom. The summed E-state index contributed by atoms with van der Waals surface area (Å²) in [5.41, 5.74) is 6.24. The number of phenols is 1. The molecule has 0 unspecified atom stereocenters. The molecule has 0 fully saturated rings. The number of aryl methyl sites for hydroxylation is 1. The topological polar surface area (TPSA) is 58.3 Å². The van der Waals surface area contributed by atoms with Gasteiger partial charge in [-0.15, -0.1) is 0 Å². The molecule has 0 aromatic heterocycles. The molecule has 0 amide bonds. The zero-order valence-electron chi connectivity index (χ0n) is 8.54. The van der Waals surface area contributed by atoms with E-state index in [9.17, 15) is 5.11 Å². The summed E-state index contributed by atoms with van der Waals surface area (Å²) in [5.74, 6) is 6.30. The first-order valence-electron chi connectivity index (χ1n) is 4.93. The van der Waals surface area contributed by atoms with Crippen LogP contribution < -0.4 is 11.3 Å². The van der Waals surface area contributed by atoms with Crippen molar-refractivity contribution in [1.82, 2.24) is 5.43 Å². The summed E-state index contributed by atoms with van der Waals surface area (Å²) in [5, 5.41) is 9.78. The van der Waals surface area contributed by atoms with E-state index in [-0.39, 0.29) is 6.04 Å². The van der Waals surface area contributed by atoms with Gasteiger partial charge in [-0.25, -0.2) is 0 Å². The van der Waals surface area contributed by atoms with Crippen molar-refractivity contribution in [3.05, 3.63) is 28.8 Å². The molecular weight excluding hydrogens is 176 g/mol. The molecule has 0 saturated heterocycles. The number of aromatic hydroxyl groups is 1. The highest BCUT2D eigenvalue weighted by Gasteiger charge is 2.31. The molecular formula is C11H16N2O. The average molecular weight is 192 g/mol. The van der Waals surface area contributed by atoms with Crippen molar-refractivity contribution in [1.29, 1.82) is 0 Å². The van der Waals surface area contributed by atoms with Gasteiger partial charge in [0.05, 0.1) is 6.04 Å². The third-order valence-corrected chi connectivity index (χ3v) is 3.11. The van der Waals surface area contributed by atoms with E-state index in [1.807, 2.05) is 6.07 Å². The van der Waals surface area contributed by atoms with E-state index in [4.69, 9.17) is 5.84 Å². The number of rotatable bonds is 1. The number of hydrogen-bond donors (Lipinski definition) is 3. The molecule has 0 heterocycles. The Morgan fingerprint density at radius 3 is 2.79 bits per heavy atom. The van der Waals surface area contributed by atoms with Gasteiger partial charge in [-0.1, -0.05) is 13.0 Å². The van der Waals surface area contributed by atoms with Gasteiger partial charge in [0.15, 0.2) is 0 Å². The smallest absolute Gasteiger partial charge is 0.120 e. The second kappa shape index (κ2) is 3.26. The van der Waals surface area contributed by atoms with Crippen LogP contribution in [0.25, 0.3) is 0 Å². The van der Waals surface area contributed by atoms with E-state index in [1.165, 1.54) is 11.1 Å². The van der Waals surface area contributed by atoms with Gasteiger partial charge in [0, 0.05) is 5.56 Å². The molecule has 0 bridgehead atoms. The summed E-state index contributed by atoms with van der Waals surface area (Å²) in [6.07, 6.45) is 0.963. The fourth-order valence-electron chi connectivity index (χ4n) is 2.49. The SMILES string of the molecule is Cc1ccc(O)c2c1[C@H](C)C[C@@H]2NN. The molecule has 1 aromatic rings. The van der Waals surface area contributed by atoms with Crippen molar-refractivity contribution in [3.63, 3.8) is 0 Å². The van der Waals surface area contributed by atoms with Crippen LogP contribution in [-0.2, 0) is 0 Å². The lowest BCUT2D eigenvalue weighted by Gasteiger charge is -2.12. The van der Waals surface area contributed by atoms with Crippen LogP contribution >= 0.6 is 0 Å². The van der Waals surface area contributed by atoms with E-state index in [0.717, 1.165) is 12.0 Å². The van der Waals surface area contributed by atoms with Gasteiger partial charge in [0.25, 0.3) is 0 Å². The molecule has 0 saturated carbocycles. The molecule has 0 radical (unpaired) electrons. The van der Waals surface area contributed by atoms with Gasteiger partial charge < -0.3 is 5.11 Å². The minimum atomic E-state index is 0.0971. The Bertz CT molecular complexity index is 363. The molecule has 3 heteroatoms. The number of phenolic OH excluding ortho intramolecular Hbond substituents is 1. The third kappa shape index (κ3) is 1.21. The van der Waals surface area contributed by atoms with Crippen LogP contribution in [0.5, 0.6) is 5.75 Å². The Hall–Kier alpha value is -1.06. The standard InChI is InChI=1S/C11H16N2O/c1-6-3-4-9(14)11-8(13-12)5-7(2)10(6)11/h3-4,7-8,13-14H,5,12H2,1-2H3/t7-,8+/m1/s1. The fraction of sp³-hybridized carbons (Fsp3) is 0.455. The molecule has 4 N–H and O–H groups in total. The van der Waals surface area contributed by atoms with Crippen LogP contribution in [-0.4, -0.2) is 5.11 Å². The first kappa shape index (κ1) is 9.49. The summed E-state index contributed by atoms with van der Waals surface area (Å²) in [7, 11) is 0. The Balaban J connectivity index is 2.60. The van der Waals surface area contributed by atoms with Crippen molar-refractivity contribution in [2.24, 2.45) is 5.84 Å². The monoisotopic (exact) mass is 192 g/mol. The maximum atomic E-state index is 9.78. The molecule has 76 valence electrons. The Morgan fingerprint density at radius 2 is 2.14 bits per heavy atom. The van der Waals surface area contributed by atoms with Crippen LogP contribution in [0.4, 0.5) is 0 Å². The zero-order valence-corrected chi connectivity index (χ0v) is 8.54. The number of nitrogens with one attached hydrogen (secondary N) is 1. The Labute approximate surface area is 83.9 Å². The van der Waals surface area contributed by atoms with E-state index in [2.05, 4.69) is 19.3 Å². The number of nitrogens with two attached hydrogens (primary N) is 1. The van der Waals surface area contributed by atoms with Gasteiger partial charge in [-0.05, 0) is 36.5 Å². The highest BCUT2D eigenvalue weighted by molar-refractivity contribution is 5.50. The Kier molecular flexibility index (Phi) is 2.21. The van der Waals surface area contributed by atoms with Crippen molar-refractivity contribution < 1.29 is 5.11 Å². The molecule has 1 aliphatic rings. The largest absolute Gasteiger partial charge is 0.508 e. The molecule has 2 rings (SSSR count). The highest BCUT2D eigenvalue weighted by Crippen LogP contribution is 2.45. The molecule has 1 aromatic carbocycles. The molecule has 14 heavy (non-hydrogen) atoms. The summed E-state index contributed by atoms with van der Waals surface area (Å²) < 4.78 is 0. The number of hydrazine groups is 1. The zero-order chi connectivity index (χ0) is 10.3. The number of hydrogen-bond acceptors (Lipinski definition) is 3. The second-order valence-corrected chi connectivity index (χ2v) is 4.08. The second-order valence-electron chi connectivity index (χ2n) is 4.08. The lowest BCUT2D eigenvalue weighted by atomic mass is 9.97. The van der Waals surface area contributed by atoms with Gasteiger partial charge in [-0.2, -0.15) is 0 Å². The van der Waals surface area contributed by atoms with Crippen molar-refractivity contribution in [2.45, 2.75) is 32.2 Å². The predicted octanol–water partition coefficient (Wildman–Crippen LogP) is 1.71. The van der Waals surface area contributed by atoms with Crippen LogP contribution in [0.15, 0.2) is 12.1 Å². The summed E-state index contributed by atoms with van der Waals surface area (Å²) in [6.45, 7) is 4.25. The number of fused-ring (bicyclic) bond motifs is 1. The van der Waals surface area contributed by atoms with E-state index >= 15 is 0 Å². The van der Waals surface area contributed by atoms with E-state index < -0.39 is 0 Å². The fourth-order valence-corrected chi connectivity index (χ4v) is 2.49. The van der Waals surface area contributed by atoms with Crippen LogP contribution in [0.2, 0.25) is 0 Å². The minimum absolute atomic E-state index is 0.0971. The molecule has 0 aliphatic heterocycles. The summed E-state index contributed by atoms with van der Waals surface area (Å²) in [4.78, 5) is 0. The predicted molar refractivity (Wildman–Crippen MR) is 55.9 cm³/mol. The van der Waals surface area contributed by atoms with Crippen LogP contribution in [0, 0.1) is 6.92 Å². The maximum absolute atomic E-state index is 9.78. The van der Waals surface area contributed by atoms with Crippen molar-refractivity contribution in [2.75, 3.05) is 0 Å². The van der Waals surface area contributed by atoms with Gasteiger partial charge in [0.2, 0.25) is 0 Å². The summed E-state index contributed by atoms with van der Waals surface area (Å²) >= 11 is 0. The maximum Gasteiger partial charge on any atom is 0.120 e. The highest BCUT2D eigenvalue weighted by atomic mass is 16.3.